The second-order valence-electron chi connectivity index (χ2n) is 6.10. The van der Waals surface area contributed by atoms with Crippen molar-refractivity contribution in [2.75, 3.05) is 0 Å². The third-order valence-electron chi connectivity index (χ3n) is 4.32. The number of ether oxygens (including phenoxy) is 1. The normalized spacial score (nSPS) is 10.7. The molecule has 1 aromatic heterocycles. The maximum Gasteiger partial charge on any atom is 0.273 e. The van der Waals surface area contributed by atoms with Gasteiger partial charge >= 0.3 is 0 Å². The standard InChI is InChI=1S/C21H21ClN2O2/c1-15-11-19(26-14-18-10-6-5-9-17(18)12-23)20(22)21(25)24(15)13-16-7-3-2-4-8-16/h2-11H,12-14,23H2,1H3. The summed E-state index contributed by atoms with van der Waals surface area (Å²) in [5.41, 5.74) is 9.34. The van der Waals surface area contributed by atoms with E-state index < -0.39 is 0 Å². The molecule has 26 heavy (non-hydrogen) atoms. The van der Waals surface area contributed by atoms with Crippen LogP contribution < -0.4 is 16.0 Å². The van der Waals surface area contributed by atoms with Gasteiger partial charge in [0.05, 0.1) is 6.54 Å². The molecule has 0 radical (unpaired) electrons. The largest absolute Gasteiger partial charge is 0.487 e. The number of aromatic nitrogens is 1. The number of hydrogen-bond acceptors (Lipinski definition) is 3. The van der Waals surface area contributed by atoms with Gasteiger partial charge in [-0.3, -0.25) is 4.79 Å². The molecule has 1 heterocycles. The van der Waals surface area contributed by atoms with Gasteiger partial charge in [0.25, 0.3) is 5.56 Å². The first-order valence-corrected chi connectivity index (χ1v) is 8.81. The van der Waals surface area contributed by atoms with Crippen molar-refractivity contribution in [2.24, 2.45) is 5.73 Å². The predicted molar refractivity (Wildman–Crippen MR) is 105 cm³/mol. The van der Waals surface area contributed by atoms with Crippen LogP contribution in [0.3, 0.4) is 0 Å². The first-order valence-electron chi connectivity index (χ1n) is 8.43. The monoisotopic (exact) mass is 368 g/mol. The van der Waals surface area contributed by atoms with Crippen LogP contribution >= 0.6 is 11.6 Å². The van der Waals surface area contributed by atoms with E-state index in [2.05, 4.69) is 0 Å². The minimum atomic E-state index is -0.252. The molecule has 0 aliphatic rings. The molecule has 2 aromatic carbocycles. The minimum absolute atomic E-state index is 0.0942. The average Bonchev–Trinajstić information content (AvgIpc) is 2.68. The second-order valence-corrected chi connectivity index (χ2v) is 6.48. The van der Waals surface area contributed by atoms with Crippen molar-refractivity contribution in [3.05, 3.63) is 98.4 Å². The second kappa shape index (κ2) is 8.21. The zero-order valence-electron chi connectivity index (χ0n) is 14.6. The third kappa shape index (κ3) is 3.98. The van der Waals surface area contributed by atoms with E-state index in [1.807, 2.05) is 61.5 Å². The number of hydrogen-bond donors (Lipinski definition) is 1. The molecule has 3 rings (SSSR count). The average molecular weight is 369 g/mol. The van der Waals surface area contributed by atoms with Gasteiger partial charge in [0.1, 0.15) is 17.4 Å². The Morgan fingerprint density at radius 1 is 1.04 bits per heavy atom. The van der Waals surface area contributed by atoms with Gasteiger partial charge in [0.2, 0.25) is 0 Å². The van der Waals surface area contributed by atoms with E-state index in [0.717, 1.165) is 22.4 Å². The fourth-order valence-corrected chi connectivity index (χ4v) is 3.05. The van der Waals surface area contributed by atoms with Gasteiger partial charge in [0, 0.05) is 18.3 Å². The third-order valence-corrected chi connectivity index (χ3v) is 4.67. The van der Waals surface area contributed by atoms with Gasteiger partial charge in [-0.15, -0.1) is 0 Å². The summed E-state index contributed by atoms with van der Waals surface area (Å²) in [6.07, 6.45) is 0. The zero-order valence-corrected chi connectivity index (χ0v) is 15.4. The molecule has 0 saturated carbocycles. The molecule has 0 bridgehead atoms. The number of benzene rings is 2. The van der Waals surface area contributed by atoms with Crippen LogP contribution in [0.5, 0.6) is 5.75 Å². The molecule has 0 amide bonds. The summed E-state index contributed by atoms with van der Waals surface area (Å²) >= 11 is 6.29. The number of pyridine rings is 1. The summed E-state index contributed by atoms with van der Waals surface area (Å²) in [5, 5.41) is 0.0942. The predicted octanol–water partition coefficient (Wildman–Crippen LogP) is 3.90. The summed E-state index contributed by atoms with van der Waals surface area (Å²) in [4.78, 5) is 12.7. The molecule has 0 aliphatic heterocycles. The molecule has 0 spiro atoms. The number of nitrogens with two attached hydrogens (primary N) is 1. The Kier molecular flexibility index (Phi) is 5.76. The van der Waals surface area contributed by atoms with E-state index in [0.29, 0.717) is 25.4 Å². The minimum Gasteiger partial charge on any atom is -0.487 e. The van der Waals surface area contributed by atoms with Crippen molar-refractivity contribution >= 4 is 11.6 Å². The topological polar surface area (TPSA) is 57.2 Å². The maximum atomic E-state index is 12.7. The summed E-state index contributed by atoms with van der Waals surface area (Å²) in [5.74, 6) is 0.394. The van der Waals surface area contributed by atoms with Crippen LogP contribution in [0.4, 0.5) is 0 Å². The van der Waals surface area contributed by atoms with E-state index in [9.17, 15) is 4.79 Å². The summed E-state index contributed by atoms with van der Waals surface area (Å²) in [6.45, 7) is 3.10. The Bertz CT molecular complexity index is 952. The molecular weight excluding hydrogens is 348 g/mol. The summed E-state index contributed by atoms with van der Waals surface area (Å²) in [7, 11) is 0. The molecular formula is C21H21ClN2O2. The molecule has 0 saturated heterocycles. The van der Waals surface area contributed by atoms with Crippen molar-refractivity contribution < 1.29 is 4.74 Å². The van der Waals surface area contributed by atoms with Crippen molar-refractivity contribution in [1.82, 2.24) is 4.57 Å². The fraction of sp³-hybridized carbons (Fsp3) is 0.190. The maximum absolute atomic E-state index is 12.7. The Hall–Kier alpha value is -2.56. The molecule has 2 N–H and O–H groups in total. The van der Waals surface area contributed by atoms with Crippen LogP contribution in [0.25, 0.3) is 0 Å². The van der Waals surface area contributed by atoms with Gasteiger partial charge in [-0.2, -0.15) is 0 Å². The van der Waals surface area contributed by atoms with Gasteiger partial charge < -0.3 is 15.0 Å². The highest BCUT2D eigenvalue weighted by atomic mass is 35.5. The number of halogens is 1. The van der Waals surface area contributed by atoms with Gasteiger partial charge in [0.15, 0.2) is 0 Å². The van der Waals surface area contributed by atoms with Crippen LogP contribution in [-0.2, 0) is 19.7 Å². The van der Waals surface area contributed by atoms with E-state index >= 15 is 0 Å². The number of aryl methyl sites for hydroxylation is 1. The molecule has 5 heteroatoms. The Morgan fingerprint density at radius 2 is 1.69 bits per heavy atom. The molecule has 0 unspecified atom stereocenters. The molecule has 134 valence electrons. The Morgan fingerprint density at radius 3 is 2.38 bits per heavy atom. The van der Waals surface area contributed by atoms with Crippen molar-refractivity contribution in [3.63, 3.8) is 0 Å². The van der Waals surface area contributed by atoms with E-state index in [4.69, 9.17) is 22.1 Å². The lowest BCUT2D eigenvalue weighted by Gasteiger charge is -2.15. The molecule has 0 aliphatic carbocycles. The zero-order chi connectivity index (χ0) is 18.5. The van der Waals surface area contributed by atoms with Crippen LogP contribution in [0.15, 0.2) is 65.5 Å². The lowest BCUT2D eigenvalue weighted by molar-refractivity contribution is 0.303. The number of rotatable bonds is 6. The number of nitrogens with zero attached hydrogens (tertiary/aromatic N) is 1. The van der Waals surface area contributed by atoms with E-state index in [-0.39, 0.29) is 10.6 Å². The fourth-order valence-electron chi connectivity index (χ4n) is 2.84. The van der Waals surface area contributed by atoms with Crippen LogP contribution in [-0.4, -0.2) is 4.57 Å². The summed E-state index contributed by atoms with van der Waals surface area (Å²) < 4.78 is 7.48. The Labute approximate surface area is 157 Å². The lowest BCUT2D eigenvalue weighted by atomic mass is 10.1. The highest BCUT2D eigenvalue weighted by Crippen LogP contribution is 2.24. The highest BCUT2D eigenvalue weighted by molar-refractivity contribution is 6.31. The highest BCUT2D eigenvalue weighted by Gasteiger charge is 2.13. The van der Waals surface area contributed by atoms with Gasteiger partial charge in [-0.25, -0.2) is 0 Å². The van der Waals surface area contributed by atoms with Crippen molar-refractivity contribution in [3.8, 4) is 5.75 Å². The Balaban J connectivity index is 1.84. The quantitative estimate of drug-likeness (QED) is 0.718. The molecule has 3 aromatic rings. The molecule has 4 nitrogen and oxygen atoms in total. The SMILES string of the molecule is Cc1cc(OCc2ccccc2CN)c(Cl)c(=O)n1Cc1ccccc1. The van der Waals surface area contributed by atoms with Gasteiger partial charge in [-0.05, 0) is 23.6 Å². The van der Waals surface area contributed by atoms with Crippen LogP contribution in [0.2, 0.25) is 5.02 Å². The lowest BCUT2D eigenvalue weighted by Crippen LogP contribution is -2.24. The molecule has 0 atom stereocenters. The van der Waals surface area contributed by atoms with E-state index in [1.54, 1.807) is 10.6 Å². The smallest absolute Gasteiger partial charge is 0.273 e. The molecule has 0 fully saturated rings. The van der Waals surface area contributed by atoms with Gasteiger partial charge in [-0.1, -0.05) is 66.2 Å². The van der Waals surface area contributed by atoms with Crippen molar-refractivity contribution in [2.45, 2.75) is 26.6 Å². The van der Waals surface area contributed by atoms with Crippen LogP contribution in [0, 0.1) is 6.92 Å². The summed E-state index contributed by atoms with van der Waals surface area (Å²) in [6, 6.07) is 19.4. The van der Waals surface area contributed by atoms with Crippen LogP contribution in [0.1, 0.15) is 22.4 Å². The first kappa shape index (κ1) is 18.2. The van der Waals surface area contributed by atoms with E-state index in [1.165, 1.54) is 0 Å². The first-order chi connectivity index (χ1) is 12.6. The van der Waals surface area contributed by atoms with Crippen molar-refractivity contribution in [1.29, 1.82) is 0 Å².